The van der Waals surface area contributed by atoms with Crippen LogP contribution in [0.15, 0.2) is 24.3 Å². The van der Waals surface area contributed by atoms with Crippen molar-refractivity contribution >= 4 is 34.1 Å². The van der Waals surface area contributed by atoms with E-state index in [0.29, 0.717) is 6.54 Å². The molecule has 25 heavy (non-hydrogen) atoms. The van der Waals surface area contributed by atoms with Crippen LogP contribution < -0.4 is 10.6 Å². The number of nitrogens with zero attached hydrogens (tertiary/aromatic N) is 2. The van der Waals surface area contributed by atoms with Gasteiger partial charge in [-0.1, -0.05) is 12.1 Å². The molecule has 0 bridgehead atoms. The number of nitrogens with one attached hydrogen (secondary N) is 2. The summed E-state index contributed by atoms with van der Waals surface area (Å²) in [5.74, 6) is 0.809. The van der Waals surface area contributed by atoms with Crippen molar-refractivity contribution < 1.29 is 4.79 Å². The van der Waals surface area contributed by atoms with Crippen molar-refractivity contribution in [3.05, 3.63) is 40.4 Å². The van der Waals surface area contributed by atoms with Crippen molar-refractivity contribution in [3.8, 4) is 10.4 Å². The third-order valence-electron chi connectivity index (χ3n) is 4.09. The van der Waals surface area contributed by atoms with E-state index in [9.17, 15) is 4.79 Å². The summed E-state index contributed by atoms with van der Waals surface area (Å²) in [5.41, 5.74) is 4.32. The smallest absolute Gasteiger partial charge is 0.252 e. The molecule has 4 rings (SSSR count). The van der Waals surface area contributed by atoms with E-state index in [0.717, 1.165) is 43.4 Å². The summed E-state index contributed by atoms with van der Waals surface area (Å²) in [6, 6.07) is 7.99. The van der Waals surface area contributed by atoms with Crippen LogP contribution in [0.3, 0.4) is 0 Å². The standard InChI is InChI=1S/C19H20N4OS/c1-10-17(23-19(2,3)4)22-16-11(6-5-7-13(16)21-10)14-8-12-15(25-14)9-20-18(12)24/h5-8H,9H2,1-4H3,(H,20,24)(H,22,23). The van der Waals surface area contributed by atoms with E-state index in [4.69, 9.17) is 9.97 Å². The number of carbonyl (C=O) groups is 1. The van der Waals surface area contributed by atoms with Gasteiger partial charge in [-0.25, -0.2) is 9.97 Å². The van der Waals surface area contributed by atoms with Crippen molar-refractivity contribution in [1.82, 2.24) is 15.3 Å². The molecule has 2 aromatic heterocycles. The quantitative estimate of drug-likeness (QED) is 0.728. The maximum Gasteiger partial charge on any atom is 0.252 e. The molecule has 0 saturated heterocycles. The Labute approximate surface area is 150 Å². The lowest BCUT2D eigenvalue weighted by atomic mass is 10.1. The third kappa shape index (κ3) is 2.87. The molecule has 0 aliphatic carbocycles. The molecule has 3 aromatic rings. The van der Waals surface area contributed by atoms with Crippen LogP contribution in [0.5, 0.6) is 0 Å². The molecular weight excluding hydrogens is 332 g/mol. The van der Waals surface area contributed by atoms with Crippen LogP contribution in [0.2, 0.25) is 0 Å². The Morgan fingerprint density at radius 1 is 1.20 bits per heavy atom. The number of amides is 1. The zero-order valence-electron chi connectivity index (χ0n) is 14.7. The summed E-state index contributed by atoms with van der Waals surface area (Å²) in [7, 11) is 0. The van der Waals surface area contributed by atoms with Crippen LogP contribution in [0, 0.1) is 6.92 Å². The molecule has 0 fully saturated rings. The molecule has 128 valence electrons. The van der Waals surface area contributed by atoms with E-state index < -0.39 is 0 Å². The van der Waals surface area contributed by atoms with Crippen molar-refractivity contribution in [2.45, 2.75) is 39.8 Å². The van der Waals surface area contributed by atoms with Gasteiger partial charge in [0.05, 0.1) is 28.8 Å². The van der Waals surface area contributed by atoms with Gasteiger partial charge in [-0.15, -0.1) is 11.3 Å². The van der Waals surface area contributed by atoms with Gasteiger partial charge in [0.2, 0.25) is 0 Å². The summed E-state index contributed by atoms with van der Waals surface area (Å²) >= 11 is 1.65. The number of hydrogen-bond donors (Lipinski definition) is 2. The summed E-state index contributed by atoms with van der Waals surface area (Å²) in [6.07, 6.45) is 0. The molecule has 0 unspecified atom stereocenters. The highest BCUT2D eigenvalue weighted by atomic mass is 32.1. The number of para-hydroxylation sites is 1. The summed E-state index contributed by atoms with van der Waals surface area (Å²) in [5, 5.41) is 6.29. The molecule has 6 heteroatoms. The zero-order valence-corrected chi connectivity index (χ0v) is 15.5. The van der Waals surface area contributed by atoms with E-state index in [1.54, 1.807) is 11.3 Å². The monoisotopic (exact) mass is 352 g/mol. The van der Waals surface area contributed by atoms with Crippen molar-refractivity contribution in [2.24, 2.45) is 0 Å². The molecule has 0 radical (unpaired) electrons. The minimum Gasteiger partial charge on any atom is -0.364 e. The number of fused-ring (bicyclic) bond motifs is 2. The second kappa shape index (κ2) is 5.52. The molecule has 1 aliphatic rings. The first kappa shape index (κ1) is 16.0. The Bertz CT molecular complexity index is 1000. The highest BCUT2D eigenvalue weighted by Crippen LogP contribution is 2.37. The maximum atomic E-state index is 11.9. The van der Waals surface area contributed by atoms with Gasteiger partial charge >= 0.3 is 0 Å². The molecule has 3 heterocycles. The maximum absolute atomic E-state index is 11.9. The predicted octanol–water partition coefficient (Wildman–Crippen LogP) is 4.12. The van der Waals surface area contributed by atoms with Crippen molar-refractivity contribution in [2.75, 3.05) is 5.32 Å². The average Bonchev–Trinajstić information content (AvgIpc) is 3.09. The summed E-state index contributed by atoms with van der Waals surface area (Å²) in [6.45, 7) is 8.90. The number of rotatable bonds is 2. The Kier molecular flexibility index (Phi) is 3.54. The molecule has 2 N–H and O–H groups in total. The molecule has 1 aromatic carbocycles. The van der Waals surface area contributed by atoms with Gasteiger partial charge in [-0.3, -0.25) is 4.79 Å². The van der Waals surface area contributed by atoms with E-state index in [2.05, 4.69) is 31.4 Å². The zero-order chi connectivity index (χ0) is 17.8. The van der Waals surface area contributed by atoms with Crippen LogP contribution in [-0.2, 0) is 6.54 Å². The minimum absolute atomic E-state index is 0.00903. The Morgan fingerprint density at radius 2 is 2.00 bits per heavy atom. The highest BCUT2D eigenvalue weighted by Gasteiger charge is 2.23. The highest BCUT2D eigenvalue weighted by molar-refractivity contribution is 7.16. The third-order valence-corrected chi connectivity index (χ3v) is 5.26. The van der Waals surface area contributed by atoms with Crippen molar-refractivity contribution in [1.29, 1.82) is 0 Å². The van der Waals surface area contributed by atoms with E-state index in [1.807, 2.05) is 31.2 Å². The second-order valence-corrected chi connectivity index (χ2v) is 8.47. The minimum atomic E-state index is -0.0930. The van der Waals surface area contributed by atoms with E-state index >= 15 is 0 Å². The van der Waals surface area contributed by atoms with Crippen LogP contribution in [0.1, 0.15) is 41.7 Å². The fourth-order valence-corrected chi connectivity index (χ4v) is 4.10. The largest absolute Gasteiger partial charge is 0.364 e. The number of anilines is 1. The fourth-order valence-electron chi connectivity index (χ4n) is 2.98. The Morgan fingerprint density at radius 3 is 2.72 bits per heavy atom. The number of carbonyl (C=O) groups excluding carboxylic acids is 1. The lowest BCUT2D eigenvalue weighted by Crippen LogP contribution is -2.27. The lowest BCUT2D eigenvalue weighted by molar-refractivity contribution is 0.0966. The number of benzene rings is 1. The summed E-state index contributed by atoms with van der Waals surface area (Å²) in [4.78, 5) is 23.6. The molecule has 0 atom stereocenters. The van der Waals surface area contributed by atoms with Gasteiger partial charge in [-0.2, -0.15) is 0 Å². The molecule has 1 aliphatic heterocycles. The van der Waals surface area contributed by atoms with Gasteiger partial charge in [0.1, 0.15) is 5.82 Å². The van der Waals surface area contributed by atoms with Gasteiger partial charge < -0.3 is 10.6 Å². The number of thiophene rings is 1. The van der Waals surface area contributed by atoms with Crippen LogP contribution in [0.4, 0.5) is 5.82 Å². The Hall–Kier alpha value is -2.47. The van der Waals surface area contributed by atoms with Crippen LogP contribution >= 0.6 is 11.3 Å². The van der Waals surface area contributed by atoms with Gasteiger partial charge in [-0.05, 0) is 39.8 Å². The second-order valence-electron chi connectivity index (χ2n) is 7.34. The molecule has 5 nitrogen and oxygen atoms in total. The average molecular weight is 352 g/mol. The van der Waals surface area contributed by atoms with Crippen molar-refractivity contribution in [3.63, 3.8) is 0 Å². The fraction of sp³-hybridized carbons (Fsp3) is 0.316. The molecule has 0 saturated carbocycles. The molecular formula is C19H20N4OS. The first-order chi connectivity index (χ1) is 11.8. The van der Waals surface area contributed by atoms with Crippen LogP contribution in [-0.4, -0.2) is 21.4 Å². The molecule has 0 spiro atoms. The number of aryl methyl sites for hydroxylation is 1. The Balaban J connectivity index is 1.88. The predicted molar refractivity (Wildman–Crippen MR) is 102 cm³/mol. The number of hydrogen-bond acceptors (Lipinski definition) is 5. The first-order valence-corrected chi connectivity index (χ1v) is 9.10. The van der Waals surface area contributed by atoms with Gasteiger partial charge in [0, 0.05) is 20.9 Å². The molecule has 1 amide bonds. The van der Waals surface area contributed by atoms with Crippen LogP contribution in [0.25, 0.3) is 21.5 Å². The normalized spacial score (nSPS) is 13.8. The van der Waals surface area contributed by atoms with Gasteiger partial charge in [0.15, 0.2) is 0 Å². The number of aromatic nitrogens is 2. The first-order valence-electron chi connectivity index (χ1n) is 8.29. The summed E-state index contributed by atoms with van der Waals surface area (Å²) < 4.78 is 0. The van der Waals surface area contributed by atoms with E-state index in [-0.39, 0.29) is 11.4 Å². The topological polar surface area (TPSA) is 66.9 Å². The van der Waals surface area contributed by atoms with Gasteiger partial charge in [0.25, 0.3) is 5.91 Å². The van der Waals surface area contributed by atoms with E-state index in [1.165, 1.54) is 0 Å². The SMILES string of the molecule is Cc1nc2cccc(-c3cc4c(s3)CNC4=O)c2nc1NC(C)(C)C. The lowest BCUT2D eigenvalue weighted by Gasteiger charge is -2.22.